The van der Waals surface area contributed by atoms with Gasteiger partial charge in [-0.2, -0.15) is 0 Å². The van der Waals surface area contributed by atoms with E-state index in [0.717, 1.165) is 0 Å². The zero-order chi connectivity index (χ0) is 7.73. The Morgan fingerprint density at radius 3 is 2.36 bits per heavy atom. The van der Waals surface area contributed by atoms with Crippen LogP contribution in [0, 0.1) is 6.07 Å². The predicted octanol–water partition coefficient (Wildman–Crippen LogP) is 2.93. The molecule has 1 aromatic rings. The largest absolute Gasteiger partial charge is 0.0579 e. The first kappa shape index (κ1) is 6.90. The van der Waals surface area contributed by atoms with Gasteiger partial charge in [0.15, 0.2) is 0 Å². The van der Waals surface area contributed by atoms with Gasteiger partial charge in [-0.05, 0) is 29.9 Å². The van der Waals surface area contributed by atoms with Crippen molar-refractivity contribution < 1.29 is 0 Å². The standard InChI is InChI=1S/C11H13/c1-11(8-5-9-11)10-6-3-2-4-7-10/h3-4,6-7H,5,8-9H2,1H3. The first-order chi connectivity index (χ1) is 5.31. The van der Waals surface area contributed by atoms with Gasteiger partial charge in [0, 0.05) is 0 Å². The van der Waals surface area contributed by atoms with Crippen LogP contribution in [0.2, 0.25) is 0 Å². The Balaban J connectivity index is 2.29. The van der Waals surface area contributed by atoms with Crippen molar-refractivity contribution in [2.75, 3.05) is 0 Å². The van der Waals surface area contributed by atoms with Crippen molar-refractivity contribution in [2.45, 2.75) is 31.6 Å². The van der Waals surface area contributed by atoms with Gasteiger partial charge in [0.2, 0.25) is 0 Å². The van der Waals surface area contributed by atoms with Gasteiger partial charge >= 0.3 is 0 Å². The molecule has 0 spiro atoms. The normalized spacial score (nSPS) is 20.8. The minimum absolute atomic E-state index is 0.495. The Labute approximate surface area is 68.3 Å². The van der Waals surface area contributed by atoms with Crippen LogP contribution in [0.3, 0.4) is 0 Å². The predicted molar refractivity (Wildman–Crippen MR) is 46.5 cm³/mol. The summed E-state index contributed by atoms with van der Waals surface area (Å²) in [6.07, 6.45) is 4.11. The molecule has 0 bridgehead atoms. The smallest absolute Gasteiger partial charge is 0.00752 e. The maximum atomic E-state index is 3.05. The molecule has 1 saturated carbocycles. The molecule has 11 heavy (non-hydrogen) atoms. The van der Waals surface area contributed by atoms with Crippen LogP contribution >= 0.6 is 0 Å². The third-order valence-corrected chi connectivity index (χ3v) is 2.87. The minimum atomic E-state index is 0.495. The molecule has 1 fully saturated rings. The first-order valence-electron chi connectivity index (χ1n) is 4.28. The van der Waals surface area contributed by atoms with E-state index in [2.05, 4.69) is 25.1 Å². The first-order valence-corrected chi connectivity index (χ1v) is 4.28. The maximum absolute atomic E-state index is 3.05. The van der Waals surface area contributed by atoms with Gasteiger partial charge in [0.25, 0.3) is 0 Å². The summed E-state index contributed by atoms with van der Waals surface area (Å²) in [6.45, 7) is 2.35. The molecule has 1 aromatic carbocycles. The third-order valence-electron chi connectivity index (χ3n) is 2.87. The number of hydrogen-bond acceptors (Lipinski definition) is 0. The molecule has 0 heteroatoms. The summed E-state index contributed by atoms with van der Waals surface area (Å²) < 4.78 is 0. The van der Waals surface area contributed by atoms with Crippen LogP contribution in [0.4, 0.5) is 0 Å². The lowest BCUT2D eigenvalue weighted by Crippen LogP contribution is -2.29. The fraction of sp³-hybridized carbons (Fsp3) is 0.455. The molecule has 57 valence electrons. The average molecular weight is 145 g/mol. The zero-order valence-electron chi connectivity index (χ0n) is 6.93. The Bertz CT molecular complexity index is 231. The van der Waals surface area contributed by atoms with Gasteiger partial charge < -0.3 is 0 Å². The summed E-state index contributed by atoms with van der Waals surface area (Å²) in [5, 5.41) is 0. The van der Waals surface area contributed by atoms with Crippen molar-refractivity contribution in [1.82, 2.24) is 0 Å². The van der Waals surface area contributed by atoms with E-state index < -0.39 is 0 Å². The van der Waals surface area contributed by atoms with E-state index in [0.29, 0.717) is 5.41 Å². The quantitative estimate of drug-likeness (QED) is 0.570. The SMILES string of the molecule is CC1(c2cc[c]cc2)CCC1. The topological polar surface area (TPSA) is 0 Å². The van der Waals surface area contributed by atoms with E-state index in [9.17, 15) is 0 Å². The van der Waals surface area contributed by atoms with Gasteiger partial charge in [-0.3, -0.25) is 0 Å². The molecule has 2 rings (SSSR count). The lowest BCUT2D eigenvalue weighted by Gasteiger charge is -2.38. The van der Waals surface area contributed by atoms with Gasteiger partial charge in [-0.1, -0.05) is 37.6 Å². The average Bonchev–Trinajstić information content (AvgIpc) is 2.02. The van der Waals surface area contributed by atoms with Crippen molar-refractivity contribution >= 4 is 0 Å². The second-order valence-electron chi connectivity index (χ2n) is 3.70. The Kier molecular flexibility index (Phi) is 1.49. The summed E-state index contributed by atoms with van der Waals surface area (Å²) in [7, 11) is 0. The van der Waals surface area contributed by atoms with E-state index in [1.165, 1.54) is 24.8 Å². The highest BCUT2D eigenvalue weighted by molar-refractivity contribution is 5.25. The molecule has 0 aliphatic heterocycles. The van der Waals surface area contributed by atoms with Crippen LogP contribution < -0.4 is 0 Å². The molecule has 0 atom stereocenters. The molecule has 1 radical (unpaired) electrons. The van der Waals surface area contributed by atoms with Crippen molar-refractivity contribution in [3.63, 3.8) is 0 Å². The summed E-state index contributed by atoms with van der Waals surface area (Å²) in [5.41, 5.74) is 1.98. The van der Waals surface area contributed by atoms with Crippen LogP contribution in [0.15, 0.2) is 24.3 Å². The Morgan fingerprint density at radius 2 is 1.91 bits per heavy atom. The monoisotopic (exact) mass is 145 g/mol. The van der Waals surface area contributed by atoms with Gasteiger partial charge in [-0.15, -0.1) is 0 Å². The second-order valence-corrected chi connectivity index (χ2v) is 3.70. The van der Waals surface area contributed by atoms with Crippen LogP contribution in [0.5, 0.6) is 0 Å². The van der Waals surface area contributed by atoms with E-state index in [1.807, 2.05) is 12.1 Å². The van der Waals surface area contributed by atoms with Crippen molar-refractivity contribution in [3.8, 4) is 0 Å². The lowest BCUT2D eigenvalue weighted by molar-refractivity contribution is 0.272. The fourth-order valence-corrected chi connectivity index (χ4v) is 1.79. The summed E-state index contributed by atoms with van der Waals surface area (Å²) in [6, 6.07) is 11.5. The molecule has 0 unspecified atom stereocenters. The van der Waals surface area contributed by atoms with E-state index in [-0.39, 0.29) is 0 Å². The molecular formula is C11H13. The number of hydrogen-bond donors (Lipinski definition) is 0. The van der Waals surface area contributed by atoms with Gasteiger partial charge in [0.1, 0.15) is 0 Å². The fourth-order valence-electron chi connectivity index (χ4n) is 1.79. The molecule has 0 saturated heterocycles. The molecule has 0 N–H and O–H groups in total. The summed E-state index contributed by atoms with van der Waals surface area (Å²) >= 11 is 0. The zero-order valence-corrected chi connectivity index (χ0v) is 6.93. The number of rotatable bonds is 1. The van der Waals surface area contributed by atoms with Crippen LogP contribution in [0.1, 0.15) is 31.7 Å². The molecule has 1 aliphatic carbocycles. The second kappa shape index (κ2) is 2.37. The van der Waals surface area contributed by atoms with E-state index in [1.54, 1.807) is 0 Å². The van der Waals surface area contributed by atoms with E-state index in [4.69, 9.17) is 0 Å². The molecule has 0 heterocycles. The minimum Gasteiger partial charge on any atom is -0.0579 e. The van der Waals surface area contributed by atoms with Gasteiger partial charge in [-0.25, -0.2) is 0 Å². The molecule has 0 aromatic heterocycles. The summed E-state index contributed by atoms with van der Waals surface area (Å²) in [4.78, 5) is 0. The molecule has 0 amide bonds. The Hall–Kier alpha value is -0.780. The third kappa shape index (κ3) is 1.07. The van der Waals surface area contributed by atoms with Crippen molar-refractivity contribution in [2.24, 2.45) is 0 Å². The Morgan fingerprint density at radius 1 is 1.27 bits per heavy atom. The maximum Gasteiger partial charge on any atom is -0.00752 e. The van der Waals surface area contributed by atoms with E-state index >= 15 is 0 Å². The highest BCUT2D eigenvalue weighted by Crippen LogP contribution is 2.42. The molecular weight excluding hydrogens is 132 g/mol. The van der Waals surface area contributed by atoms with Crippen molar-refractivity contribution in [3.05, 3.63) is 35.9 Å². The highest BCUT2D eigenvalue weighted by Gasteiger charge is 2.32. The molecule has 0 nitrogen and oxygen atoms in total. The summed E-state index contributed by atoms with van der Waals surface area (Å²) in [5.74, 6) is 0. The highest BCUT2D eigenvalue weighted by atomic mass is 14.4. The van der Waals surface area contributed by atoms with Crippen molar-refractivity contribution in [1.29, 1.82) is 0 Å². The lowest BCUT2D eigenvalue weighted by atomic mass is 9.66. The van der Waals surface area contributed by atoms with Crippen LogP contribution in [-0.2, 0) is 5.41 Å². The van der Waals surface area contributed by atoms with Crippen LogP contribution in [-0.4, -0.2) is 0 Å². The molecule has 1 aliphatic rings. The van der Waals surface area contributed by atoms with Gasteiger partial charge in [0.05, 0.1) is 0 Å². The van der Waals surface area contributed by atoms with Crippen LogP contribution in [0.25, 0.3) is 0 Å². The number of benzene rings is 1.